The van der Waals surface area contributed by atoms with E-state index in [0.717, 1.165) is 12.8 Å². The molecule has 0 fully saturated rings. The molecule has 0 bridgehead atoms. The molecular weight excluding hydrogens is 290 g/mol. The summed E-state index contributed by atoms with van der Waals surface area (Å²) in [6.07, 6.45) is 12.2. The van der Waals surface area contributed by atoms with Gasteiger partial charge in [0.25, 0.3) is 0 Å². The minimum absolute atomic E-state index is 0.0380. The Morgan fingerprint density at radius 3 is 1.91 bits per heavy atom. The highest BCUT2D eigenvalue weighted by atomic mass is 16.5. The highest BCUT2D eigenvalue weighted by Gasteiger charge is 2.22. The van der Waals surface area contributed by atoms with Gasteiger partial charge in [-0.25, -0.2) is 4.79 Å². The van der Waals surface area contributed by atoms with Crippen LogP contribution in [0.15, 0.2) is 0 Å². The van der Waals surface area contributed by atoms with Crippen LogP contribution in [0.1, 0.15) is 91.4 Å². The second-order valence-electron chi connectivity index (χ2n) is 6.85. The Morgan fingerprint density at radius 2 is 1.43 bits per heavy atom. The number of esters is 1. The van der Waals surface area contributed by atoms with Crippen LogP contribution in [0.4, 0.5) is 0 Å². The number of carbonyl (C=O) groups is 2. The zero-order chi connectivity index (χ0) is 17.5. The maximum atomic E-state index is 11.9. The normalized spacial score (nSPS) is 12.2. The highest BCUT2D eigenvalue weighted by molar-refractivity contribution is 5.84. The Labute approximate surface area is 142 Å². The Hall–Kier alpha value is -1.06. The zero-order valence-electron chi connectivity index (χ0n) is 15.7. The van der Waals surface area contributed by atoms with Gasteiger partial charge in [0.15, 0.2) is 0 Å². The van der Waals surface area contributed by atoms with E-state index in [2.05, 4.69) is 12.2 Å². The standard InChI is InChI=1S/C19H37NO3/c1-5-6-7-8-9-10-11-12-13-14-18(21)20-17(15-16(2)3)19(22)23-4/h16-17H,5-15H2,1-4H3,(H,20,21)/t17-/m0/s1. The Morgan fingerprint density at radius 1 is 0.913 bits per heavy atom. The monoisotopic (exact) mass is 327 g/mol. The lowest BCUT2D eigenvalue weighted by atomic mass is 10.0. The van der Waals surface area contributed by atoms with E-state index in [9.17, 15) is 9.59 Å². The molecule has 0 radical (unpaired) electrons. The van der Waals surface area contributed by atoms with E-state index in [4.69, 9.17) is 4.74 Å². The molecule has 0 aromatic carbocycles. The van der Waals surface area contributed by atoms with Crippen molar-refractivity contribution >= 4 is 11.9 Å². The third-order valence-electron chi connectivity index (χ3n) is 4.04. The molecule has 23 heavy (non-hydrogen) atoms. The van der Waals surface area contributed by atoms with Crippen molar-refractivity contribution in [2.24, 2.45) is 5.92 Å². The van der Waals surface area contributed by atoms with E-state index in [0.29, 0.717) is 18.8 Å². The molecule has 0 aliphatic heterocycles. The van der Waals surface area contributed by atoms with Gasteiger partial charge >= 0.3 is 5.97 Å². The smallest absolute Gasteiger partial charge is 0.328 e. The van der Waals surface area contributed by atoms with Gasteiger partial charge in [0.2, 0.25) is 5.91 Å². The fraction of sp³-hybridized carbons (Fsp3) is 0.895. The summed E-state index contributed by atoms with van der Waals surface area (Å²) in [5.74, 6) is -0.0461. The minimum atomic E-state index is -0.508. The minimum Gasteiger partial charge on any atom is -0.467 e. The van der Waals surface area contributed by atoms with Crippen molar-refractivity contribution in [3.05, 3.63) is 0 Å². The summed E-state index contributed by atoms with van der Waals surface area (Å²) in [5.41, 5.74) is 0. The van der Waals surface area contributed by atoms with E-state index >= 15 is 0 Å². The average molecular weight is 328 g/mol. The molecule has 0 aromatic rings. The number of ether oxygens (including phenoxy) is 1. The van der Waals surface area contributed by atoms with Gasteiger partial charge in [-0.05, 0) is 18.8 Å². The van der Waals surface area contributed by atoms with Gasteiger partial charge in [0, 0.05) is 6.42 Å². The Bertz CT molecular complexity index is 316. The molecule has 0 saturated carbocycles. The fourth-order valence-electron chi connectivity index (χ4n) is 2.69. The van der Waals surface area contributed by atoms with Crippen LogP contribution in [0.3, 0.4) is 0 Å². The Balaban J connectivity index is 3.73. The number of amides is 1. The average Bonchev–Trinajstić information content (AvgIpc) is 2.51. The summed E-state index contributed by atoms with van der Waals surface area (Å²) in [5, 5.41) is 2.81. The first-order chi connectivity index (χ1) is 11.0. The van der Waals surface area contributed by atoms with E-state index in [1.54, 1.807) is 0 Å². The van der Waals surface area contributed by atoms with Gasteiger partial charge in [-0.1, -0.05) is 72.1 Å². The SMILES string of the molecule is CCCCCCCCCCCC(=O)N[C@@H](CC(C)C)C(=O)OC. The largest absolute Gasteiger partial charge is 0.467 e. The van der Waals surface area contributed by atoms with Gasteiger partial charge in [0.1, 0.15) is 6.04 Å². The van der Waals surface area contributed by atoms with Crippen LogP contribution in [0.2, 0.25) is 0 Å². The third-order valence-corrected chi connectivity index (χ3v) is 4.04. The first kappa shape index (κ1) is 21.9. The molecule has 1 amide bonds. The summed E-state index contributed by atoms with van der Waals surface area (Å²) in [4.78, 5) is 23.6. The topological polar surface area (TPSA) is 55.4 Å². The molecule has 0 aliphatic carbocycles. The van der Waals surface area contributed by atoms with Crippen molar-refractivity contribution in [2.75, 3.05) is 7.11 Å². The molecule has 0 aliphatic rings. The summed E-state index contributed by atoms with van der Waals surface area (Å²) >= 11 is 0. The van der Waals surface area contributed by atoms with Gasteiger partial charge in [-0.2, -0.15) is 0 Å². The number of methoxy groups -OCH3 is 1. The molecule has 136 valence electrons. The van der Waals surface area contributed by atoms with Crippen molar-refractivity contribution in [3.8, 4) is 0 Å². The summed E-state index contributed by atoms with van der Waals surface area (Å²) in [6.45, 7) is 6.29. The first-order valence-electron chi connectivity index (χ1n) is 9.38. The van der Waals surface area contributed by atoms with E-state index in [-0.39, 0.29) is 11.9 Å². The predicted molar refractivity (Wildman–Crippen MR) is 95.2 cm³/mol. The summed E-state index contributed by atoms with van der Waals surface area (Å²) in [7, 11) is 1.36. The van der Waals surface area contributed by atoms with Gasteiger partial charge < -0.3 is 10.1 Å². The number of rotatable bonds is 14. The quantitative estimate of drug-likeness (QED) is 0.374. The maximum absolute atomic E-state index is 11.9. The molecular formula is C19H37NO3. The van der Waals surface area contributed by atoms with Crippen LogP contribution >= 0.6 is 0 Å². The number of carbonyl (C=O) groups excluding carboxylic acids is 2. The summed E-state index contributed by atoms with van der Waals surface area (Å²) < 4.78 is 4.76. The van der Waals surface area contributed by atoms with Crippen LogP contribution in [0.25, 0.3) is 0 Å². The van der Waals surface area contributed by atoms with Crippen molar-refractivity contribution < 1.29 is 14.3 Å². The molecule has 0 rings (SSSR count). The molecule has 0 heterocycles. The van der Waals surface area contributed by atoms with Crippen molar-refractivity contribution in [1.29, 1.82) is 0 Å². The molecule has 1 atom stereocenters. The van der Waals surface area contributed by atoms with Crippen molar-refractivity contribution in [1.82, 2.24) is 5.32 Å². The lowest BCUT2D eigenvalue weighted by Crippen LogP contribution is -2.42. The van der Waals surface area contributed by atoms with Crippen LogP contribution in [-0.2, 0) is 14.3 Å². The molecule has 1 N–H and O–H groups in total. The second kappa shape index (κ2) is 14.5. The lowest BCUT2D eigenvalue weighted by Gasteiger charge is -2.18. The molecule has 0 saturated heterocycles. The molecule has 0 unspecified atom stereocenters. The van der Waals surface area contributed by atoms with E-state index in [1.807, 2.05) is 13.8 Å². The number of nitrogens with one attached hydrogen (secondary N) is 1. The second-order valence-corrected chi connectivity index (χ2v) is 6.85. The van der Waals surface area contributed by atoms with Gasteiger partial charge in [0.05, 0.1) is 7.11 Å². The fourth-order valence-corrected chi connectivity index (χ4v) is 2.69. The van der Waals surface area contributed by atoms with Crippen molar-refractivity contribution in [2.45, 2.75) is 97.4 Å². The van der Waals surface area contributed by atoms with Gasteiger partial charge in [-0.3, -0.25) is 4.79 Å². The highest BCUT2D eigenvalue weighted by Crippen LogP contribution is 2.11. The lowest BCUT2D eigenvalue weighted by molar-refractivity contribution is -0.145. The van der Waals surface area contributed by atoms with Crippen molar-refractivity contribution in [3.63, 3.8) is 0 Å². The molecule has 0 aromatic heterocycles. The molecule has 4 nitrogen and oxygen atoms in total. The molecule has 4 heteroatoms. The third kappa shape index (κ3) is 13.1. The van der Waals surface area contributed by atoms with E-state index in [1.165, 1.54) is 52.1 Å². The first-order valence-corrected chi connectivity index (χ1v) is 9.38. The van der Waals surface area contributed by atoms with Gasteiger partial charge in [-0.15, -0.1) is 0 Å². The summed E-state index contributed by atoms with van der Waals surface area (Å²) in [6, 6.07) is -0.508. The maximum Gasteiger partial charge on any atom is 0.328 e. The number of hydrogen-bond acceptors (Lipinski definition) is 3. The number of unbranched alkanes of at least 4 members (excludes halogenated alkanes) is 8. The van der Waals surface area contributed by atoms with Crippen LogP contribution in [0.5, 0.6) is 0 Å². The Kier molecular flexibility index (Phi) is 13.9. The van der Waals surface area contributed by atoms with Crippen LogP contribution in [-0.4, -0.2) is 25.0 Å². The zero-order valence-corrected chi connectivity index (χ0v) is 15.7. The van der Waals surface area contributed by atoms with Crippen LogP contribution < -0.4 is 5.32 Å². The molecule has 0 spiro atoms. The van der Waals surface area contributed by atoms with Crippen LogP contribution in [0, 0.1) is 5.92 Å². The van der Waals surface area contributed by atoms with E-state index < -0.39 is 6.04 Å². The predicted octanol–water partition coefficient (Wildman–Crippen LogP) is 4.61. The number of hydrogen-bond donors (Lipinski definition) is 1.